The lowest BCUT2D eigenvalue weighted by atomic mass is 10.1. The number of hydrogen-bond acceptors (Lipinski definition) is 7. The Bertz CT molecular complexity index is 818. The molecular formula is C18H21N3O6. The zero-order valence-electron chi connectivity index (χ0n) is 15.5. The number of nitrogens with one attached hydrogen (secondary N) is 2. The molecule has 1 aromatic carbocycles. The quantitative estimate of drug-likeness (QED) is 0.534. The molecule has 1 aromatic heterocycles. The molecule has 0 aliphatic heterocycles. The minimum absolute atomic E-state index is 0.256. The van der Waals surface area contributed by atoms with E-state index in [4.69, 9.17) is 18.6 Å². The number of nitrogens with zero attached hydrogens (tertiary/aromatic N) is 1. The number of carbonyl (C=O) groups is 2. The molecule has 0 bridgehead atoms. The van der Waals surface area contributed by atoms with Gasteiger partial charge in [0.1, 0.15) is 11.5 Å². The third kappa shape index (κ3) is 5.24. The van der Waals surface area contributed by atoms with E-state index in [-0.39, 0.29) is 12.1 Å². The maximum absolute atomic E-state index is 12.3. The third-order valence-electron chi connectivity index (χ3n) is 3.48. The molecule has 2 amide bonds. The molecule has 0 atom stereocenters. The van der Waals surface area contributed by atoms with Gasteiger partial charge in [-0.05, 0) is 31.2 Å². The van der Waals surface area contributed by atoms with Gasteiger partial charge in [-0.2, -0.15) is 5.10 Å². The second-order valence-corrected chi connectivity index (χ2v) is 5.34. The van der Waals surface area contributed by atoms with Crippen LogP contribution in [0.4, 0.5) is 0 Å². The first kappa shape index (κ1) is 19.8. The Labute approximate surface area is 156 Å². The van der Waals surface area contributed by atoms with Crippen LogP contribution in [0.25, 0.3) is 0 Å². The average Bonchev–Trinajstić information content (AvgIpc) is 3.09. The summed E-state index contributed by atoms with van der Waals surface area (Å²) >= 11 is 0. The summed E-state index contributed by atoms with van der Waals surface area (Å²) in [6, 6.07) is 6.48. The molecule has 0 aliphatic carbocycles. The molecule has 0 radical (unpaired) electrons. The molecule has 0 aliphatic rings. The lowest BCUT2D eigenvalue weighted by molar-refractivity contribution is -0.120. The zero-order valence-corrected chi connectivity index (χ0v) is 15.5. The van der Waals surface area contributed by atoms with Gasteiger partial charge in [-0.15, -0.1) is 0 Å². The van der Waals surface area contributed by atoms with Gasteiger partial charge in [0.25, 0.3) is 11.8 Å². The molecule has 27 heavy (non-hydrogen) atoms. The average molecular weight is 375 g/mol. The van der Waals surface area contributed by atoms with E-state index >= 15 is 0 Å². The highest BCUT2D eigenvalue weighted by atomic mass is 16.5. The molecule has 0 saturated carbocycles. The van der Waals surface area contributed by atoms with E-state index in [0.29, 0.717) is 23.0 Å². The van der Waals surface area contributed by atoms with Gasteiger partial charge in [-0.1, -0.05) is 0 Å². The highest BCUT2D eigenvalue weighted by Gasteiger charge is 2.17. The van der Waals surface area contributed by atoms with Crippen molar-refractivity contribution in [2.75, 3.05) is 27.9 Å². The van der Waals surface area contributed by atoms with Crippen molar-refractivity contribution in [3.8, 4) is 17.2 Å². The maximum Gasteiger partial charge on any atom is 0.259 e. The Morgan fingerprint density at radius 2 is 1.78 bits per heavy atom. The van der Waals surface area contributed by atoms with Crippen molar-refractivity contribution in [1.29, 1.82) is 0 Å². The molecule has 9 nitrogen and oxygen atoms in total. The van der Waals surface area contributed by atoms with E-state index in [1.807, 2.05) is 0 Å². The summed E-state index contributed by atoms with van der Waals surface area (Å²) in [7, 11) is 4.37. The van der Waals surface area contributed by atoms with Crippen molar-refractivity contribution in [2.45, 2.75) is 6.92 Å². The van der Waals surface area contributed by atoms with Gasteiger partial charge in [0, 0.05) is 5.56 Å². The van der Waals surface area contributed by atoms with Crippen LogP contribution in [-0.4, -0.2) is 45.9 Å². The van der Waals surface area contributed by atoms with Gasteiger partial charge in [-0.25, -0.2) is 5.43 Å². The number of rotatable bonds is 8. The van der Waals surface area contributed by atoms with Gasteiger partial charge < -0.3 is 23.9 Å². The zero-order chi connectivity index (χ0) is 19.8. The van der Waals surface area contributed by atoms with Gasteiger partial charge in [0.2, 0.25) is 5.75 Å². The van der Waals surface area contributed by atoms with Crippen molar-refractivity contribution in [3.05, 3.63) is 41.3 Å². The monoisotopic (exact) mass is 375 g/mol. The standard InChI is InChI=1S/C18H21N3O6/c1-11-5-6-13(27-11)9-20-21-16(22)10-19-18(23)12-7-14(24-2)17(26-4)15(8-12)25-3/h5-9H,10H2,1-4H3,(H,19,23)(H,21,22)/b20-9-. The third-order valence-corrected chi connectivity index (χ3v) is 3.48. The number of aryl methyl sites for hydroxylation is 1. The van der Waals surface area contributed by atoms with Crippen molar-refractivity contribution in [2.24, 2.45) is 5.10 Å². The summed E-state index contributed by atoms with van der Waals surface area (Å²) in [5.74, 6) is 1.33. The van der Waals surface area contributed by atoms with Crippen LogP contribution in [-0.2, 0) is 4.79 Å². The highest BCUT2D eigenvalue weighted by molar-refractivity contribution is 5.97. The van der Waals surface area contributed by atoms with E-state index in [0.717, 1.165) is 5.76 Å². The van der Waals surface area contributed by atoms with Gasteiger partial charge >= 0.3 is 0 Å². The molecule has 2 aromatic rings. The number of benzene rings is 1. The molecule has 2 N–H and O–H groups in total. The fraction of sp³-hybridized carbons (Fsp3) is 0.278. The summed E-state index contributed by atoms with van der Waals surface area (Å²) in [6.07, 6.45) is 1.37. The van der Waals surface area contributed by atoms with E-state index in [9.17, 15) is 9.59 Å². The number of methoxy groups -OCH3 is 3. The van der Waals surface area contributed by atoms with E-state index in [2.05, 4.69) is 15.8 Å². The van der Waals surface area contributed by atoms with Crippen molar-refractivity contribution < 1.29 is 28.2 Å². The van der Waals surface area contributed by atoms with Gasteiger partial charge in [-0.3, -0.25) is 9.59 Å². The second-order valence-electron chi connectivity index (χ2n) is 5.34. The van der Waals surface area contributed by atoms with Crippen LogP contribution < -0.4 is 25.0 Å². The highest BCUT2D eigenvalue weighted by Crippen LogP contribution is 2.38. The normalized spacial score (nSPS) is 10.5. The van der Waals surface area contributed by atoms with E-state index in [1.54, 1.807) is 19.1 Å². The van der Waals surface area contributed by atoms with Crippen LogP contribution in [0.3, 0.4) is 0 Å². The largest absolute Gasteiger partial charge is 0.493 e. The van der Waals surface area contributed by atoms with Crippen molar-refractivity contribution in [3.63, 3.8) is 0 Å². The van der Waals surface area contributed by atoms with Crippen LogP contribution in [0.15, 0.2) is 33.8 Å². The molecule has 9 heteroatoms. The maximum atomic E-state index is 12.3. The fourth-order valence-corrected chi connectivity index (χ4v) is 2.21. The molecule has 144 valence electrons. The summed E-state index contributed by atoms with van der Waals surface area (Å²) in [5.41, 5.74) is 2.55. The Morgan fingerprint density at radius 1 is 1.11 bits per heavy atom. The predicted octanol–water partition coefficient (Wildman–Crippen LogP) is 1.49. The fourth-order valence-electron chi connectivity index (χ4n) is 2.21. The summed E-state index contributed by atoms with van der Waals surface area (Å²) in [6.45, 7) is 1.54. The number of hydrogen-bond donors (Lipinski definition) is 2. The minimum atomic E-state index is -0.490. The number of amides is 2. The SMILES string of the molecule is COc1cc(C(=O)NCC(=O)N/N=C\c2ccc(C)o2)cc(OC)c1OC. The molecule has 1 heterocycles. The molecule has 0 saturated heterocycles. The molecule has 0 unspecified atom stereocenters. The Morgan fingerprint density at radius 3 is 2.30 bits per heavy atom. The number of ether oxygens (including phenoxy) is 3. The molecule has 0 fully saturated rings. The Kier molecular flexibility index (Phi) is 6.81. The van der Waals surface area contributed by atoms with Crippen LogP contribution in [0.5, 0.6) is 17.2 Å². The van der Waals surface area contributed by atoms with Gasteiger partial charge in [0.15, 0.2) is 11.5 Å². The number of hydrazone groups is 1. The van der Waals surface area contributed by atoms with E-state index in [1.165, 1.54) is 39.7 Å². The summed E-state index contributed by atoms with van der Waals surface area (Å²) in [4.78, 5) is 24.1. The van der Waals surface area contributed by atoms with Crippen molar-refractivity contribution >= 4 is 18.0 Å². The van der Waals surface area contributed by atoms with E-state index < -0.39 is 11.8 Å². The summed E-state index contributed by atoms with van der Waals surface area (Å²) < 4.78 is 20.9. The first-order valence-electron chi connectivity index (χ1n) is 7.95. The Hall–Kier alpha value is -3.49. The number of carbonyl (C=O) groups excluding carboxylic acids is 2. The smallest absolute Gasteiger partial charge is 0.259 e. The molecular weight excluding hydrogens is 354 g/mol. The van der Waals surface area contributed by atoms with Gasteiger partial charge in [0.05, 0.1) is 34.1 Å². The minimum Gasteiger partial charge on any atom is -0.493 e. The van der Waals surface area contributed by atoms with Crippen LogP contribution in [0, 0.1) is 6.92 Å². The topological polar surface area (TPSA) is 111 Å². The number of furan rings is 1. The first-order chi connectivity index (χ1) is 13.0. The lowest BCUT2D eigenvalue weighted by Gasteiger charge is -2.13. The first-order valence-corrected chi connectivity index (χ1v) is 7.95. The second kappa shape index (κ2) is 9.27. The van der Waals surface area contributed by atoms with Crippen LogP contribution in [0.1, 0.15) is 21.9 Å². The summed E-state index contributed by atoms with van der Waals surface area (Å²) in [5, 5.41) is 6.25. The van der Waals surface area contributed by atoms with Crippen molar-refractivity contribution in [1.82, 2.24) is 10.7 Å². The predicted molar refractivity (Wildman–Crippen MR) is 97.6 cm³/mol. The Balaban J connectivity index is 1.94. The molecule has 2 rings (SSSR count). The lowest BCUT2D eigenvalue weighted by Crippen LogP contribution is -2.34. The molecule has 0 spiro atoms. The van der Waals surface area contributed by atoms with Crippen LogP contribution in [0.2, 0.25) is 0 Å². The van der Waals surface area contributed by atoms with Crippen LogP contribution >= 0.6 is 0 Å².